The van der Waals surface area contributed by atoms with E-state index in [-0.39, 0.29) is 24.0 Å². The van der Waals surface area contributed by atoms with Crippen LogP contribution >= 0.6 is 24.0 Å². The lowest BCUT2D eigenvalue weighted by molar-refractivity contribution is 0.180. The first kappa shape index (κ1) is 22.9. The second-order valence-corrected chi connectivity index (χ2v) is 7.18. The van der Waals surface area contributed by atoms with Gasteiger partial charge in [0.2, 0.25) is 0 Å². The van der Waals surface area contributed by atoms with Crippen LogP contribution in [0.5, 0.6) is 0 Å². The molecule has 0 aromatic heterocycles. The summed E-state index contributed by atoms with van der Waals surface area (Å²) in [5.74, 6) is 1.70. The Kier molecular flexibility index (Phi) is 12.0. The van der Waals surface area contributed by atoms with E-state index in [2.05, 4.69) is 34.4 Å². The van der Waals surface area contributed by atoms with Gasteiger partial charge in [0, 0.05) is 59.0 Å². The number of aliphatic imine (C=N–C) groups is 1. The summed E-state index contributed by atoms with van der Waals surface area (Å²) in [5.41, 5.74) is 0. The maximum Gasteiger partial charge on any atom is 0.191 e. The van der Waals surface area contributed by atoms with Crippen LogP contribution in [0.15, 0.2) is 4.99 Å². The molecule has 0 amide bonds. The zero-order valence-corrected chi connectivity index (χ0v) is 18.6. The molecule has 1 saturated heterocycles. The first-order valence-electron chi connectivity index (χ1n) is 9.66. The molecule has 2 aliphatic rings. The molecular weight excluding hydrogens is 429 g/mol. The Morgan fingerprint density at radius 3 is 2.72 bits per heavy atom. The molecule has 0 radical (unpaired) electrons. The lowest BCUT2D eigenvalue weighted by atomic mass is 10.1. The molecule has 1 unspecified atom stereocenters. The van der Waals surface area contributed by atoms with Gasteiger partial charge in [-0.3, -0.25) is 4.99 Å². The summed E-state index contributed by atoms with van der Waals surface area (Å²) in [7, 11) is 3.92. The number of halogens is 1. The summed E-state index contributed by atoms with van der Waals surface area (Å²) in [6.07, 6.45) is 5.22. The Bertz CT molecular complexity index is 378. The minimum Gasteiger partial charge on any atom is -0.385 e. The van der Waals surface area contributed by atoms with E-state index in [1.807, 2.05) is 0 Å². The predicted octanol–water partition coefficient (Wildman–Crippen LogP) is 1.61. The van der Waals surface area contributed by atoms with E-state index in [1.165, 1.54) is 32.4 Å². The van der Waals surface area contributed by atoms with E-state index in [9.17, 15) is 0 Å². The van der Waals surface area contributed by atoms with Crippen LogP contribution in [0.3, 0.4) is 0 Å². The van der Waals surface area contributed by atoms with Crippen molar-refractivity contribution >= 4 is 29.9 Å². The molecule has 2 fully saturated rings. The van der Waals surface area contributed by atoms with Gasteiger partial charge >= 0.3 is 0 Å². The summed E-state index contributed by atoms with van der Waals surface area (Å²) >= 11 is 0. The average Bonchev–Trinajstić information content (AvgIpc) is 3.31. The summed E-state index contributed by atoms with van der Waals surface area (Å²) in [4.78, 5) is 9.81. The molecule has 1 heterocycles. The fraction of sp³-hybridized carbons (Fsp3) is 0.944. The van der Waals surface area contributed by atoms with Gasteiger partial charge in [0.25, 0.3) is 0 Å². The minimum absolute atomic E-state index is 0. The van der Waals surface area contributed by atoms with Crippen molar-refractivity contribution in [3.8, 4) is 0 Å². The number of nitrogens with one attached hydrogen (secondary N) is 2. The molecule has 0 aromatic carbocycles. The number of likely N-dealkylation sites (N-methyl/N-ethyl adjacent to an activating group) is 1. The first-order valence-corrected chi connectivity index (χ1v) is 9.66. The smallest absolute Gasteiger partial charge is 0.191 e. The molecule has 7 heteroatoms. The van der Waals surface area contributed by atoms with Crippen LogP contribution in [-0.2, 0) is 4.74 Å². The molecule has 25 heavy (non-hydrogen) atoms. The Hall–Kier alpha value is -0.120. The van der Waals surface area contributed by atoms with Crippen molar-refractivity contribution in [1.82, 2.24) is 20.4 Å². The van der Waals surface area contributed by atoms with Crippen molar-refractivity contribution < 1.29 is 4.74 Å². The number of nitrogens with zero attached hydrogens (tertiary/aromatic N) is 3. The van der Waals surface area contributed by atoms with E-state index in [1.54, 1.807) is 7.11 Å². The molecule has 0 aromatic rings. The third kappa shape index (κ3) is 9.40. The maximum absolute atomic E-state index is 5.10. The molecule has 148 valence electrons. The van der Waals surface area contributed by atoms with Crippen molar-refractivity contribution in [2.24, 2.45) is 10.9 Å². The van der Waals surface area contributed by atoms with Gasteiger partial charge in [-0.05, 0) is 52.1 Å². The van der Waals surface area contributed by atoms with Gasteiger partial charge in [0.15, 0.2) is 5.96 Å². The lowest BCUT2D eigenvalue weighted by Gasteiger charge is -2.18. The van der Waals surface area contributed by atoms with E-state index in [0.29, 0.717) is 0 Å². The van der Waals surface area contributed by atoms with Crippen LogP contribution in [0.2, 0.25) is 0 Å². The highest BCUT2D eigenvalue weighted by Gasteiger charge is 2.34. The van der Waals surface area contributed by atoms with E-state index >= 15 is 0 Å². The monoisotopic (exact) mass is 467 g/mol. The predicted molar refractivity (Wildman–Crippen MR) is 116 cm³/mol. The van der Waals surface area contributed by atoms with Crippen LogP contribution in [0.1, 0.15) is 32.6 Å². The standard InChI is InChI=1S/C18H37N5O.HI/c1-4-19-18(20-9-12-22(2)10-5-13-24-3)21-14-16-8-11-23(15-16)17-6-7-17;/h16-17H,4-15H2,1-3H3,(H2,19,20,21);1H. The maximum atomic E-state index is 5.10. The number of hydrogen-bond donors (Lipinski definition) is 2. The van der Waals surface area contributed by atoms with Gasteiger partial charge in [-0.1, -0.05) is 0 Å². The van der Waals surface area contributed by atoms with Crippen LogP contribution < -0.4 is 10.6 Å². The number of ether oxygens (including phenoxy) is 1. The molecule has 0 spiro atoms. The molecule has 1 saturated carbocycles. The first-order chi connectivity index (χ1) is 11.7. The van der Waals surface area contributed by atoms with Crippen molar-refractivity contribution in [1.29, 1.82) is 0 Å². The molecular formula is C18H38IN5O. The number of hydrogen-bond acceptors (Lipinski definition) is 4. The van der Waals surface area contributed by atoms with E-state index in [4.69, 9.17) is 9.73 Å². The van der Waals surface area contributed by atoms with Gasteiger partial charge in [0.05, 0.1) is 0 Å². The number of methoxy groups -OCH3 is 1. The molecule has 2 rings (SSSR count). The van der Waals surface area contributed by atoms with Crippen molar-refractivity contribution in [3.05, 3.63) is 0 Å². The zero-order chi connectivity index (χ0) is 17.2. The Morgan fingerprint density at radius 1 is 1.24 bits per heavy atom. The van der Waals surface area contributed by atoms with Crippen molar-refractivity contribution in [2.45, 2.75) is 38.6 Å². The summed E-state index contributed by atoms with van der Waals surface area (Å²) in [5, 5.41) is 6.83. The molecule has 6 nitrogen and oxygen atoms in total. The second-order valence-electron chi connectivity index (χ2n) is 7.18. The SMILES string of the molecule is CCNC(=NCC1CCN(C2CC2)C1)NCCN(C)CCCOC.I. The average molecular weight is 467 g/mol. The summed E-state index contributed by atoms with van der Waals surface area (Å²) < 4.78 is 5.10. The van der Waals surface area contributed by atoms with Gasteiger partial charge in [0.1, 0.15) is 0 Å². The van der Waals surface area contributed by atoms with Gasteiger partial charge in [-0.15, -0.1) is 24.0 Å². The zero-order valence-electron chi connectivity index (χ0n) is 16.3. The molecule has 1 atom stereocenters. The van der Waals surface area contributed by atoms with Crippen molar-refractivity contribution in [2.75, 3.05) is 66.6 Å². The minimum atomic E-state index is 0. The highest BCUT2D eigenvalue weighted by Crippen LogP contribution is 2.31. The fourth-order valence-corrected chi connectivity index (χ4v) is 3.30. The molecule has 0 bridgehead atoms. The van der Waals surface area contributed by atoms with E-state index < -0.39 is 0 Å². The largest absolute Gasteiger partial charge is 0.385 e. The second kappa shape index (κ2) is 13.1. The summed E-state index contributed by atoms with van der Waals surface area (Å²) in [6.45, 7) is 10.4. The fourth-order valence-electron chi connectivity index (χ4n) is 3.30. The van der Waals surface area contributed by atoms with Gasteiger partial charge < -0.3 is 25.2 Å². The Labute approximate surface area is 171 Å². The number of guanidine groups is 1. The Morgan fingerprint density at radius 2 is 2.04 bits per heavy atom. The van der Waals surface area contributed by atoms with Crippen molar-refractivity contribution in [3.63, 3.8) is 0 Å². The Balaban J connectivity index is 0.00000312. The quantitative estimate of drug-likeness (QED) is 0.209. The lowest BCUT2D eigenvalue weighted by Crippen LogP contribution is -2.41. The van der Waals surface area contributed by atoms with Crippen LogP contribution in [-0.4, -0.2) is 88.4 Å². The van der Waals surface area contributed by atoms with Gasteiger partial charge in [-0.25, -0.2) is 0 Å². The highest BCUT2D eigenvalue weighted by molar-refractivity contribution is 14.0. The van der Waals surface area contributed by atoms with Crippen LogP contribution in [0.4, 0.5) is 0 Å². The topological polar surface area (TPSA) is 52.1 Å². The van der Waals surface area contributed by atoms with Gasteiger partial charge in [-0.2, -0.15) is 0 Å². The highest BCUT2D eigenvalue weighted by atomic mass is 127. The number of likely N-dealkylation sites (tertiary alicyclic amines) is 1. The molecule has 2 N–H and O–H groups in total. The number of rotatable bonds is 11. The van der Waals surface area contributed by atoms with Crippen LogP contribution in [0, 0.1) is 5.92 Å². The molecule has 1 aliphatic carbocycles. The van der Waals surface area contributed by atoms with Crippen LogP contribution in [0.25, 0.3) is 0 Å². The summed E-state index contributed by atoms with van der Waals surface area (Å²) in [6, 6.07) is 0.902. The van der Waals surface area contributed by atoms with E-state index in [0.717, 1.165) is 63.7 Å². The third-order valence-corrected chi connectivity index (χ3v) is 4.91. The normalized spacial score (nSPS) is 21.4. The third-order valence-electron chi connectivity index (χ3n) is 4.91. The molecule has 1 aliphatic heterocycles.